The van der Waals surface area contributed by atoms with Crippen LogP contribution in [0.15, 0.2) is 42.5 Å². The van der Waals surface area contributed by atoms with Gasteiger partial charge in [-0.2, -0.15) is 0 Å². The molecule has 4 atom stereocenters. The summed E-state index contributed by atoms with van der Waals surface area (Å²) in [5, 5.41) is 27.2. The lowest BCUT2D eigenvalue weighted by molar-refractivity contribution is -0.140. The van der Waals surface area contributed by atoms with Crippen LogP contribution in [0.1, 0.15) is 50.5 Å². The predicted octanol–water partition coefficient (Wildman–Crippen LogP) is 4.36. The van der Waals surface area contributed by atoms with E-state index in [1.165, 1.54) is 6.07 Å². The van der Waals surface area contributed by atoms with Crippen molar-refractivity contribution in [1.29, 1.82) is 0 Å². The number of aliphatic hydroxyl groups is 1. The summed E-state index contributed by atoms with van der Waals surface area (Å²) in [5.41, 5.74) is -0.164. The molecule has 2 aliphatic rings. The van der Waals surface area contributed by atoms with E-state index in [0.29, 0.717) is 54.4 Å². The highest BCUT2D eigenvalue weighted by atomic mass is 19.1. The fourth-order valence-corrected chi connectivity index (χ4v) is 6.36. The molecule has 8 nitrogen and oxygen atoms in total. The Labute approximate surface area is 229 Å². The van der Waals surface area contributed by atoms with Gasteiger partial charge in [-0.25, -0.2) is 9.18 Å². The number of hydrogen-bond acceptors (Lipinski definition) is 5. The zero-order valence-corrected chi connectivity index (χ0v) is 22.8. The molecule has 0 spiro atoms. The minimum Gasteiger partial charge on any atom is -0.497 e. The molecule has 2 unspecified atom stereocenters. The Kier molecular flexibility index (Phi) is 9.45. The topological polar surface area (TPSA) is 111 Å². The van der Waals surface area contributed by atoms with Gasteiger partial charge in [0.25, 0.3) is 0 Å². The number of halogens is 1. The predicted molar refractivity (Wildman–Crippen MR) is 147 cm³/mol. The minimum atomic E-state index is -1.48. The highest BCUT2D eigenvalue weighted by Crippen LogP contribution is 2.45. The number of methoxy groups -OCH3 is 1. The summed E-state index contributed by atoms with van der Waals surface area (Å²) in [6, 6.07) is 12.1. The van der Waals surface area contributed by atoms with E-state index in [1.54, 1.807) is 43.5 Å². The van der Waals surface area contributed by atoms with Crippen LogP contribution in [0, 0.1) is 17.7 Å². The Morgan fingerprint density at radius 2 is 1.97 bits per heavy atom. The van der Waals surface area contributed by atoms with Crippen LogP contribution < -0.4 is 15.4 Å². The first kappa shape index (κ1) is 28.8. The van der Waals surface area contributed by atoms with E-state index in [9.17, 15) is 14.7 Å². The zero-order valence-electron chi connectivity index (χ0n) is 22.8. The fraction of sp³-hybridized carbons (Fsp3) is 0.533. The maximum absolute atomic E-state index is 15.5. The van der Waals surface area contributed by atoms with Gasteiger partial charge in [-0.3, -0.25) is 4.79 Å². The van der Waals surface area contributed by atoms with E-state index in [-0.39, 0.29) is 30.7 Å². The molecule has 4 N–H and O–H groups in total. The lowest BCUT2D eigenvalue weighted by atomic mass is 9.72. The smallest absolute Gasteiger partial charge is 0.404 e. The van der Waals surface area contributed by atoms with E-state index in [4.69, 9.17) is 9.84 Å². The highest BCUT2D eigenvalue weighted by Gasteiger charge is 2.44. The van der Waals surface area contributed by atoms with Crippen molar-refractivity contribution in [2.75, 3.05) is 33.8 Å². The number of nitrogens with zero attached hydrogens (tertiary/aromatic N) is 1. The van der Waals surface area contributed by atoms with Crippen LogP contribution in [0.5, 0.6) is 5.75 Å². The number of carboxylic acid groups (broad SMARTS) is 1. The van der Waals surface area contributed by atoms with Gasteiger partial charge in [-0.1, -0.05) is 24.3 Å². The first-order valence-electron chi connectivity index (χ1n) is 13.9. The van der Waals surface area contributed by atoms with Crippen molar-refractivity contribution < 1.29 is 28.9 Å². The van der Waals surface area contributed by atoms with Gasteiger partial charge in [0, 0.05) is 43.1 Å². The Morgan fingerprint density at radius 1 is 1.18 bits per heavy atom. The van der Waals surface area contributed by atoms with E-state index in [0.717, 1.165) is 25.7 Å². The lowest BCUT2D eigenvalue weighted by Crippen LogP contribution is -2.49. The molecule has 0 bridgehead atoms. The number of likely N-dealkylation sites (tertiary alicyclic amines) is 1. The van der Waals surface area contributed by atoms with Crippen LogP contribution in [0.4, 0.5) is 9.18 Å². The monoisotopic (exact) mass is 541 g/mol. The first-order valence-corrected chi connectivity index (χ1v) is 13.9. The summed E-state index contributed by atoms with van der Waals surface area (Å²) in [6.45, 7) is 1.17. The maximum Gasteiger partial charge on any atom is 0.404 e. The number of rotatable bonds is 10. The second kappa shape index (κ2) is 12.8. The standard InChI is InChI=1S/C30H40FN3O5/c1-32-23-13-12-21(17-23)28(35)34-16-5-8-22(19-34)30(38,14-6-15-33-29(36)37)25-10-4-11-26(31)27(25)20-7-3-9-24(18-20)39-2/h3-4,7,9-11,18,21-23,32-33,38H,5-6,8,12-17,19H2,1-2H3,(H,36,37)/t21-,22?,23+,30?/m1/s1. The van der Waals surface area contributed by atoms with Crippen molar-refractivity contribution >= 4 is 12.0 Å². The molecule has 1 aliphatic carbocycles. The average molecular weight is 542 g/mol. The van der Waals surface area contributed by atoms with Crippen LogP contribution in [-0.2, 0) is 10.4 Å². The van der Waals surface area contributed by atoms with Gasteiger partial charge in [0.15, 0.2) is 0 Å². The van der Waals surface area contributed by atoms with Crippen molar-refractivity contribution in [3.63, 3.8) is 0 Å². The highest BCUT2D eigenvalue weighted by molar-refractivity contribution is 5.79. The minimum absolute atomic E-state index is 0.0319. The number of benzene rings is 2. The van der Waals surface area contributed by atoms with Crippen LogP contribution in [0.2, 0.25) is 0 Å². The Bertz CT molecular complexity index is 1160. The second-order valence-electron chi connectivity index (χ2n) is 10.8. The first-order chi connectivity index (χ1) is 18.8. The number of ether oxygens (including phenoxy) is 1. The summed E-state index contributed by atoms with van der Waals surface area (Å²) >= 11 is 0. The molecule has 1 aliphatic heterocycles. The SMILES string of the molecule is CN[C@H]1CC[C@@H](C(=O)N2CCCC(C(O)(CCCNC(=O)O)c3cccc(F)c3-c3cccc(OC)c3)C2)C1. The third kappa shape index (κ3) is 6.53. The van der Waals surface area contributed by atoms with Gasteiger partial charge in [0.05, 0.1) is 12.7 Å². The van der Waals surface area contributed by atoms with Crippen molar-refractivity contribution in [2.45, 2.75) is 56.6 Å². The molecule has 2 aromatic rings. The van der Waals surface area contributed by atoms with E-state index in [1.807, 2.05) is 11.9 Å². The number of carbonyl (C=O) groups excluding carboxylic acids is 1. The molecule has 2 fully saturated rings. The van der Waals surface area contributed by atoms with Gasteiger partial charge < -0.3 is 30.5 Å². The molecule has 1 saturated heterocycles. The molecule has 212 valence electrons. The molecule has 2 aromatic carbocycles. The van der Waals surface area contributed by atoms with Gasteiger partial charge in [-0.05, 0) is 81.3 Å². The summed E-state index contributed by atoms with van der Waals surface area (Å²) in [5.74, 6) is -0.139. The van der Waals surface area contributed by atoms with Crippen molar-refractivity contribution in [3.05, 3.63) is 53.8 Å². The fourth-order valence-electron chi connectivity index (χ4n) is 6.36. The maximum atomic E-state index is 15.5. The third-order valence-corrected chi connectivity index (χ3v) is 8.45. The third-order valence-electron chi connectivity index (χ3n) is 8.45. The van der Waals surface area contributed by atoms with Crippen molar-refractivity contribution in [2.24, 2.45) is 11.8 Å². The normalized spacial score (nSPS) is 22.8. The van der Waals surface area contributed by atoms with Crippen molar-refractivity contribution in [1.82, 2.24) is 15.5 Å². The quantitative estimate of drug-likeness (QED) is 0.333. The number of hydrogen-bond donors (Lipinski definition) is 4. The molecule has 2 amide bonds. The van der Waals surface area contributed by atoms with Crippen molar-refractivity contribution in [3.8, 4) is 16.9 Å². The largest absolute Gasteiger partial charge is 0.497 e. The average Bonchev–Trinajstić information content (AvgIpc) is 3.44. The van der Waals surface area contributed by atoms with Gasteiger partial charge in [0.2, 0.25) is 5.91 Å². The molecule has 1 saturated carbocycles. The Hall–Kier alpha value is -3.17. The van der Waals surface area contributed by atoms with Crippen LogP contribution >= 0.6 is 0 Å². The molecule has 0 radical (unpaired) electrons. The van der Waals surface area contributed by atoms with E-state index >= 15 is 4.39 Å². The summed E-state index contributed by atoms with van der Waals surface area (Å²) < 4.78 is 20.9. The molecule has 4 rings (SSSR count). The van der Waals surface area contributed by atoms with Crippen LogP contribution in [0.25, 0.3) is 11.1 Å². The van der Waals surface area contributed by atoms with Gasteiger partial charge >= 0.3 is 6.09 Å². The molecule has 9 heteroatoms. The number of amides is 2. The summed E-state index contributed by atoms with van der Waals surface area (Å²) in [6.07, 6.45) is 3.47. The Morgan fingerprint density at radius 3 is 2.69 bits per heavy atom. The van der Waals surface area contributed by atoms with E-state index in [2.05, 4.69) is 10.6 Å². The number of nitrogens with one attached hydrogen (secondary N) is 2. The van der Waals surface area contributed by atoms with Gasteiger partial charge in [0.1, 0.15) is 11.6 Å². The lowest BCUT2D eigenvalue weighted by Gasteiger charge is -2.44. The molecule has 1 heterocycles. The van der Waals surface area contributed by atoms with E-state index < -0.39 is 17.5 Å². The molecule has 39 heavy (non-hydrogen) atoms. The van der Waals surface area contributed by atoms with Crippen LogP contribution in [0.3, 0.4) is 0 Å². The number of piperidine rings is 1. The second-order valence-corrected chi connectivity index (χ2v) is 10.8. The summed E-state index contributed by atoms with van der Waals surface area (Å²) in [7, 11) is 3.47. The number of carbonyl (C=O) groups is 2. The zero-order chi connectivity index (χ0) is 28.0. The molecular weight excluding hydrogens is 501 g/mol. The van der Waals surface area contributed by atoms with Crippen LogP contribution in [-0.4, -0.2) is 66.9 Å². The molecular formula is C30H40FN3O5. The summed E-state index contributed by atoms with van der Waals surface area (Å²) in [4.78, 5) is 26.4. The van der Waals surface area contributed by atoms with Gasteiger partial charge in [-0.15, -0.1) is 0 Å². The Balaban J connectivity index is 1.68. The molecule has 0 aromatic heterocycles.